The Bertz CT molecular complexity index is 1070. The number of para-hydroxylation sites is 2. The minimum absolute atomic E-state index is 0.133. The van der Waals surface area contributed by atoms with Crippen LogP contribution in [-0.2, 0) is 16.1 Å². The fourth-order valence-electron chi connectivity index (χ4n) is 3.37. The number of fused-ring (bicyclic) bond motifs is 1. The van der Waals surface area contributed by atoms with E-state index in [9.17, 15) is 14.4 Å². The van der Waals surface area contributed by atoms with Crippen LogP contribution < -0.4 is 10.6 Å². The van der Waals surface area contributed by atoms with E-state index in [4.69, 9.17) is 9.73 Å². The van der Waals surface area contributed by atoms with Crippen molar-refractivity contribution in [2.24, 2.45) is 4.99 Å². The van der Waals surface area contributed by atoms with Crippen molar-refractivity contribution in [2.45, 2.75) is 6.61 Å². The van der Waals surface area contributed by atoms with Crippen molar-refractivity contribution in [3.05, 3.63) is 71.2 Å². The van der Waals surface area contributed by atoms with E-state index in [2.05, 4.69) is 10.6 Å². The predicted octanol–water partition coefficient (Wildman–Crippen LogP) is 2.71. The Morgan fingerprint density at radius 2 is 2.00 bits per heavy atom. The summed E-state index contributed by atoms with van der Waals surface area (Å²) < 4.78 is 18.7. The van der Waals surface area contributed by atoms with Crippen LogP contribution in [0.1, 0.15) is 5.56 Å². The molecule has 0 spiro atoms. The molecule has 2 aromatic rings. The largest absolute Gasteiger partial charge is 0.457 e. The highest BCUT2D eigenvalue weighted by atomic mass is 19.1. The second-order valence-corrected chi connectivity index (χ2v) is 6.88. The Morgan fingerprint density at radius 1 is 1.20 bits per heavy atom. The Labute approximate surface area is 173 Å². The highest BCUT2D eigenvalue weighted by Crippen LogP contribution is 2.32. The molecule has 1 saturated heterocycles. The molecule has 0 atom stereocenters. The molecule has 0 saturated carbocycles. The smallest absolute Gasteiger partial charge is 0.351 e. The van der Waals surface area contributed by atoms with E-state index in [1.54, 1.807) is 6.07 Å². The number of nitrogens with zero attached hydrogens (tertiary/aromatic N) is 3. The summed E-state index contributed by atoms with van der Waals surface area (Å²) in [5.74, 6) is -0.665. The maximum absolute atomic E-state index is 13.4. The summed E-state index contributed by atoms with van der Waals surface area (Å²) in [4.78, 5) is 19.5. The zero-order valence-electron chi connectivity index (χ0n) is 16.2. The van der Waals surface area contributed by atoms with Crippen molar-refractivity contribution in [1.82, 2.24) is 10.2 Å². The van der Waals surface area contributed by atoms with Crippen LogP contribution in [0.4, 0.5) is 15.8 Å². The van der Waals surface area contributed by atoms with Gasteiger partial charge in [0.2, 0.25) is 0 Å². The normalized spacial score (nSPS) is 17.2. The second-order valence-electron chi connectivity index (χ2n) is 6.88. The number of aliphatic imine (C=N–C) groups is 1. The molecule has 2 N–H and O–H groups in total. The Hall–Kier alpha value is -3.70. The lowest BCUT2D eigenvalue weighted by Gasteiger charge is -2.34. The first kappa shape index (κ1) is 19.6. The molecular weight excluding hydrogens is 385 g/mol. The van der Waals surface area contributed by atoms with Crippen LogP contribution in [0, 0.1) is 17.1 Å². The second kappa shape index (κ2) is 8.76. The van der Waals surface area contributed by atoms with Gasteiger partial charge in [-0.15, -0.1) is 0 Å². The van der Waals surface area contributed by atoms with Gasteiger partial charge >= 0.3 is 5.97 Å². The molecule has 0 radical (unpaired) electrons. The summed E-state index contributed by atoms with van der Waals surface area (Å²) in [6.45, 7) is 2.82. The van der Waals surface area contributed by atoms with E-state index in [-0.39, 0.29) is 12.2 Å². The number of hydrogen-bond donors (Lipinski definition) is 2. The zero-order valence-corrected chi connectivity index (χ0v) is 16.2. The number of carbonyl (C=O) groups is 1. The highest BCUT2D eigenvalue weighted by Gasteiger charge is 2.29. The number of anilines is 1. The number of ether oxygens (including phenoxy) is 1. The average Bonchev–Trinajstić information content (AvgIpc) is 2.78. The number of benzene rings is 2. The third-order valence-corrected chi connectivity index (χ3v) is 4.86. The van der Waals surface area contributed by atoms with Crippen LogP contribution in [0.25, 0.3) is 0 Å². The minimum atomic E-state index is -0.786. The molecule has 0 amide bonds. The molecule has 2 aliphatic rings. The van der Waals surface area contributed by atoms with Crippen LogP contribution in [0.2, 0.25) is 0 Å². The number of rotatable bonds is 3. The first-order valence-corrected chi connectivity index (χ1v) is 9.62. The van der Waals surface area contributed by atoms with Crippen LogP contribution in [0.3, 0.4) is 0 Å². The fraction of sp³-hybridized carbons (Fsp3) is 0.227. The lowest BCUT2D eigenvalue weighted by molar-refractivity contribution is -0.139. The molecule has 0 aromatic heterocycles. The lowest BCUT2D eigenvalue weighted by Crippen LogP contribution is -2.48. The van der Waals surface area contributed by atoms with Gasteiger partial charge in [0.05, 0.1) is 11.4 Å². The van der Waals surface area contributed by atoms with E-state index >= 15 is 0 Å². The molecule has 0 aliphatic carbocycles. The van der Waals surface area contributed by atoms with Crippen molar-refractivity contribution in [3.63, 3.8) is 0 Å². The topological polar surface area (TPSA) is 89.8 Å². The SMILES string of the molecule is N#C/C(C(=O)OCc1cccc(F)c1)=C1/Nc2ccccc2N=C1N1CCNCC1. The molecule has 2 aliphatic heterocycles. The van der Waals surface area contributed by atoms with Crippen molar-refractivity contribution in [2.75, 3.05) is 31.5 Å². The van der Waals surface area contributed by atoms with Gasteiger partial charge in [0, 0.05) is 26.2 Å². The third-order valence-electron chi connectivity index (χ3n) is 4.86. The number of carbonyl (C=O) groups excluding carboxylic acids is 1. The minimum Gasteiger partial charge on any atom is -0.457 e. The van der Waals surface area contributed by atoms with E-state index in [0.717, 1.165) is 18.8 Å². The molecule has 7 nitrogen and oxygen atoms in total. The number of halogens is 1. The van der Waals surface area contributed by atoms with E-state index in [1.807, 2.05) is 35.2 Å². The maximum atomic E-state index is 13.4. The van der Waals surface area contributed by atoms with E-state index < -0.39 is 11.8 Å². The molecule has 152 valence electrons. The molecule has 2 heterocycles. The van der Waals surface area contributed by atoms with Crippen LogP contribution >= 0.6 is 0 Å². The predicted molar refractivity (Wildman–Crippen MR) is 110 cm³/mol. The monoisotopic (exact) mass is 405 g/mol. The van der Waals surface area contributed by atoms with E-state index in [0.29, 0.717) is 35.9 Å². The van der Waals surface area contributed by atoms with Crippen LogP contribution in [0.15, 0.2) is 64.8 Å². The van der Waals surface area contributed by atoms with Crippen molar-refractivity contribution in [1.29, 1.82) is 5.26 Å². The van der Waals surface area contributed by atoms with Crippen molar-refractivity contribution in [3.8, 4) is 6.07 Å². The molecule has 1 fully saturated rings. The number of nitrogens with one attached hydrogen (secondary N) is 2. The van der Waals surface area contributed by atoms with Crippen molar-refractivity contribution < 1.29 is 13.9 Å². The average molecular weight is 405 g/mol. The summed E-state index contributed by atoms with van der Waals surface area (Å²) in [7, 11) is 0. The van der Waals surface area contributed by atoms with Gasteiger partial charge in [0.1, 0.15) is 24.2 Å². The number of amidine groups is 1. The number of hydrogen-bond acceptors (Lipinski definition) is 7. The lowest BCUT2D eigenvalue weighted by atomic mass is 10.1. The summed E-state index contributed by atoms with van der Waals surface area (Å²) in [6.07, 6.45) is 0. The van der Waals surface area contributed by atoms with Crippen molar-refractivity contribution >= 4 is 23.2 Å². The van der Waals surface area contributed by atoms with Crippen LogP contribution in [-0.4, -0.2) is 42.9 Å². The Kier molecular flexibility index (Phi) is 5.72. The molecule has 8 heteroatoms. The number of piperazine rings is 1. The van der Waals surface area contributed by atoms with Gasteiger partial charge in [-0.05, 0) is 29.8 Å². The fourth-order valence-corrected chi connectivity index (χ4v) is 3.37. The van der Waals surface area contributed by atoms with Gasteiger partial charge in [-0.3, -0.25) is 0 Å². The quantitative estimate of drug-likeness (QED) is 0.464. The Balaban J connectivity index is 1.66. The first-order chi connectivity index (χ1) is 14.7. The van der Waals surface area contributed by atoms with Gasteiger partial charge in [0.25, 0.3) is 0 Å². The van der Waals surface area contributed by atoms with E-state index in [1.165, 1.54) is 18.2 Å². The van der Waals surface area contributed by atoms with Crippen LogP contribution in [0.5, 0.6) is 0 Å². The molecule has 4 rings (SSSR count). The zero-order chi connectivity index (χ0) is 20.9. The molecule has 0 bridgehead atoms. The molecule has 0 unspecified atom stereocenters. The summed E-state index contributed by atoms with van der Waals surface area (Å²) in [5, 5.41) is 16.2. The highest BCUT2D eigenvalue weighted by molar-refractivity contribution is 6.12. The number of esters is 1. The van der Waals surface area contributed by atoms with Gasteiger partial charge in [0.15, 0.2) is 11.4 Å². The Morgan fingerprint density at radius 3 is 2.77 bits per heavy atom. The summed E-state index contributed by atoms with van der Waals surface area (Å²) in [6, 6.07) is 15.2. The van der Waals surface area contributed by atoms with Gasteiger partial charge < -0.3 is 20.3 Å². The van der Waals surface area contributed by atoms with Gasteiger partial charge in [-0.25, -0.2) is 14.2 Å². The molecule has 2 aromatic carbocycles. The first-order valence-electron chi connectivity index (χ1n) is 9.62. The number of nitriles is 1. The summed E-state index contributed by atoms with van der Waals surface area (Å²) >= 11 is 0. The maximum Gasteiger partial charge on any atom is 0.351 e. The summed E-state index contributed by atoms with van der Waals surface area (Å²) in [5.41, 5.74) is 2.10. The standard InChI is InChI=1S/C22H20FN5O2/c23-16-5-3-4-15(12-16)14-30-22(29)17(13-24)20-21(28-10-8-25-9-11-28)27-19-7-2-1-6-18(19)26-20/h1-7,12,25-26H,8-11,14H2/b20-17-. The van der Waals surface area contributed by atoms with Gasteiger partial charge in [-0.2, -0.15) is 5.26 Å². The molecule has 30 heavy (non-hydrogen) atoms. The molecular formula is C22H20FN5O2. The van der Waals surface area contributed by atoms with Gasteiger partial charge in [-0.1, -0.05) is 24.3 Å². The third kappa shape index (κ3) is 4.16.